The van der Waals surface area contributed by atoms with Gasteiger partial charge >= 0.3 is 12.4 Å². The Kier molecular flexibility index (Phi) is 8.20. The van der Waals surface area contributed by atoms with Gasteiger partial charge in [-0.05, 0) is 72.0 Å². The third kappa shape index (κ3) is 6.73. The van der Waals surface area contributed by atoms with Crippen molar-refractivity contribution < 1.29 is 39.6 Å². The molecule has 2 heterocycles. The number of aryl methyl sites for hydroxylation is 1. The number of nitrogens with zero attached hydrogens (tertiary/aromatic N) is 2. The highest BCUT2D eigenvalue weighted by molar-refractivity contribution is 7.91. The average molecular weight is 594 g/mol. The SMILES string of the molecule is Cc1ccccc1-c1cc(S(=O)(=O)c2ccccn2)ncc1C(=O)NCCc1cc(C(F)(F)F)cc(C(F)(F)F)c1. The largest absolute Gasteiger partial charge is 0.416 e. The summed E-state index contributed by atoms with van der Waals surface area (Å²) in [5, 5.41) is 1.86. The number of nitrogens with one attached hydrogen (secondary N) is 1. The maximum absolute atomic E-state index is 13.2. The summed E-state index contributed by atoms with van der Waals surface area (Å²) in [6.45, 7) is 1.44. The number of alkyl halides is 6. The molecule has 0 aliphatic carbocycles. The monoisotopic (exact) mass is 593 g/mol. The summed E-state index contributed by atoms with van der Waals surface area (Å²) in [5.41, 5.74) is -1.79. The Labute approximate surface area is 231 Å². The highest BCUT2D eigenvalue weighted by atomic mass is 32.2. The quantitative estimate of drug-likeness (QED) is 0.254. The number of rotatable bonds is 7. The van der Waals surface area contributed by atoms with E-state index in [1.165, 1.54) is 24.4 Å². The van der Waals surface area contributed by atoms with Crippen LogP contribution in [-0.2, 0) is 28.6 Å². The van der Waals surface area contributed by atoms with Gasteiger partial charge in [-0.25, -0.2) is 18.4 Å². The molecule has 13 heteroatoms. The van der Waals surface area contributed by atoms with Crippen molar-refractivity contribution in [3.8, 4) is 11.1 Å². The summed E-state index contributed by atoms with van der Waals surface area (Å²) >= 11 is 0. The molecule has 1 N–H and O–H groups in total. The van der Waals surface area contributed by atoms with Gasteiger partial charge in [0, 0.05) is 18.9 Å². The van der Waals surface area contributed by atoms with E-state index in [-0.39, 0.29) is 45.8 Å². The summed E-state index contributed by atoms with van der Waals surface area (Å²) in [5.74, 6) is -0.749. The summed E-state index contributed by atoms with van der Waals surface area (Å²) in [7, 11) is -4.15. The fourth-order valence-corrected chi connectivity index (χ4v) is 5.19. The van der Waals surface area contributed by atoms with Gasteiger partial charge in [0.2, 0.25) is 9.84 Å². The number of hydrogen-bond donors (Lipinski definition) is 1. The Morgan fingerprint density at radius 3 is 2.02 bits per heavy atom. The van der Waals surface area contributed by atoms with Crippen LogP contribution in [0.4, 0.5) is 26.3 Å². The molecule has 0 spiro atoms. The van der Waals surface area contributed by atoms with Crippen LogP contribution in [0, 0.1) is 6.92 Å². The molecule has 1 amide bonds. The highest BCUT2D eigenvalue weighted by Crippen LogP contribution is 2.36. The number of aromatic nitrogens is 2. The first-order chi connectivity index (χ1) is 19.2. The highest BCUT2D eigenvalue weighted by Gasteiger charge is 2.36. The third-order valence-corrected chi connectivity index (χ3v) is 7.66. The fraction of sp³-hybridized carbons (Fsp3) is 0.179. The summed E-state index contributed by atoms with van der Waals surface area (Å²) in [6.07, 6.45) is -7.97. The molecule has 0 bridgehead atoms. The van der Waals surface area contributed by atoms with Gasteiger partial charge in [0.1, 0.15) is 0 Å². The van der Waals surface area contributed by atoms with E-state index in [1.807, 2.05) is 0 Å². The molecule has 0 unspecified atom stereocenters. The predicted octanol–water partition coefficient (Wildman–Crippen LogP) is 6.29. The Balaban J connectivity index is 1.65. The van der Waals surface area contributed by atoms with Crippen molar-refractivity contribution in [1.82, 2.24) is 15.3 Å². The van der Waals surface area contributed by atoms with E-state index in [9.17, 15) is 39.6 Å². The molecule has 0 radical (unpaired) electrons. The number of amides is 1. The maximum atomic E-state index is 13.2. The first-order valence-corrected chi connectivity index (χ1v) is 13.4. The second-order valence-corrected chi connectivity index (χ2v) is 10.8. The van der Waals surface area contributed by atoms with Gasteiger partial charge in [-0.3, -0.25) is 4.79 Å². The molecular weight excluding hydrogens is 572 g/mol. The molecule has 0 atom stereocenters. The Hall–Kier alpha value is -4.26. The molecular formula is C28H21F6N3O3S. The Morgan fingerprint density at radius 1 is 0.805 bits per heavy atom. The van der Waals surface area contributed by atoms with Gasteiger partial charge in [0.15, 0.2) is 10.1 Å². The summed E-state index contributed by atoms with van der Waals surface area (Å²) in [6, 6.07) is 13.6. The van der Waals surface area contributed by atoms with Crippen LogP contribution >= 0.6 is 0 Å². The van der Waals surface area contributed by atoms with E-state index in [1.54, 1.807) is 37.3 Å². The number of benzene rings is 2. The van der Waals surface area contributed by atoms with Crippen molar-refractivity contribution in [1.29, 1.82) is 0 Å². The minimum atomic E-state index is -5.00. The standard InChI is InChI=1S/C28H21F6N3O3S/c1-17-6-2-3-7-21(17)22-15-25(41(39,40)24-8-4-5-10-35-24)37-16-23(22)26(38)36-11-9-18-12-19(27(29,30)31)14-20(13-18)28(32,33)34/h2-8,10,12-16H,9,11H2,1H3,(H,36,38). The molecule has 0 aliphatic heterocycles. The van der Waals surface area contributed by atoms with Crippen molar-refractivity contribution in [2.75, 3.05) is 6.54 Å². The molecule has 4 aromatic rings. The second-order valence-electron chi connectivity index (χ2n) is 8.97. The maximum Gasteiger partial charge on any atom is 0.416 e. The van der Waals surface area contributed by atoms with Crippen LogP contribution in [-0.4, -0.2) is 30.8 Å². The van der Waals surface area contributed by atoms with Crippen LogP contribution in [0.2, 0.25) is 0 Å². The van der Waals surface area contributed by atoms with Crippen LogP contribution in [0.15, 0.2) is 89.2 Å². The van der Waals surface area contributed by atoms with Crippen LogP contribution in [0.3, 0.4) is 0 Å². The smallest absolute Gasteiger partial charge is 0.352 e. The number of pyridine rings is 2. The molecule has 2 aromatic heterocycles. The van der Waals surface area contributed by atoms with Crippen molar-refractivity contribution in [3.05, 3.63) is 107 Å². The predicted molar refractivity (Wildman–Crippen MR) is 137 cm³/mol. The van der Waals surface area contributed by atoms with E-state index in [0.29, 0.717) is 23.3 Å². The zero-order valence-corrected chi connectivity index (χ0v) is 22.0. The molecule has 4 rings (SSSR count). The molecule has 6 nitrogen and oxygen atoms in total. The van der Waals surface area contributed by atoms with Crippen molar-refractivity contribution >= 4 is 15.7 Å². The number of carbonyl (C=O) groups excluding carboxylic acids is 1. The van der Waals surface area contributed by atoms with E-state index >= 15 is 0 Å². The fourth-order valence-electron chi connectivity index (χ4n) is 4.05. The second kappa shape index (κ2) is 11.3. The molecule has 0 saturated carbocycles. The number of halogens is 6. The van der Waals surface area contributed by atoms with Gasteiger partial charge in [-0.15, -0.1) is 0 Å². The first-order valence-electron chi connectivity index (χ1n) is 12.0. The van der Waals surface area contributed by atoms with Crippen molar-refractivity contribution in [2.24, 2.45) is 0 Å². The van der Waals surface area contributed by atoms with Crippen molar-refractivity contribution in [3.63, 3.8) is 0 Å². The lowest BCUT2D eigenvalue weighted by Crippen LogP contribution is -2.27. The van der Waals surface area contributed by atoms with Gasteiger partial charge in [0.25, 0.3) is 5.91 Å². The summed E-state index contributed by atoms with van der Waals surface area (Å²) in [4.78, 5) is 21.0. The topological polar surface area (TPSA) is 89.0 Å². The number of carbonyl (C=O) groups is 1. The van der Waals surface area contributed by atoms with E-state index in [4.69, 9.17) is 0 Å². The zero-order valence-electron chi connectivity index (χ0n) is 21.2. The van der Waals surface area contributed by atoms with Crippen LogP contribution in [0.5, 0.6) is 0 Å². The lowest BCUT2D eigenvalue weighted by molar-refractivity contribution is -0.143. The number of sulfone groups is 1. The number of hydrogen-bond acceptors (Lipinski definition) is 5. The van der Waals surface area contributed by atoms with E-state index in [0.717, 1.165) is 6.20 Å². The van der Waals surface area contributed by atoms with Crippen LogP contribution in [0.25, 0.3) is 11.1 Å². The van der Waals surface area contributed by atoms with E-state index < -0.39 is 39.2 Å². The Bertz CT molecular complexity index is 1660. The molecule has 214 valence electrons. The van der Waals surface area contributed by atoms with Crippen LogP contribution < -0.4 is 5.32 Å². The lowest BCUT2D eigenvalue weighted by atomic mass is 9.97. The Morgan fingerprint density at radius 2 is 1.44 bits per heavy atom. The van der Waals surface area contributed by atoms with Gasteiger partial charge in [-0.1, -0.05) is 30.3 Å². The molecule has 0 saturated heterocycles. The molecule has 0 aliphatic rings. The summed E-state index contributed by atoms with van der Waals surface area (Å²) < 4.78 is 105. The zero-order chi connectivity index (χ0) is 30.0. The van der Waals surface area contributed by atoms with Crippen molar-refractivity contribution in [2.45, 2.75) is 35.7 Å². The van der Waals surface area contributed by atoms with Crippen LogP contribution in [0.1, 0.15) is 32.6 Å². The minimum Gasteiger partial charge on any atom is -0.352 e. The van der Waals surface area contributed by atoms with Gasteiger partial charge < -0.3 is 5.32 Å². The van der Waals surface area contributed by atoms with Gasteiger partial charge in [0.05, 0.1) is 16.7 Å². The average Bonchev–Trinajstić information content (AvgIpc) is 2.92. The molecule has 41 heavy (non-hydrogen) atoms. The first kappa shape index (κ1) is 29.7. The molecule has 0 fully saturated rings. The molecule has 2 aromatic carbocycles. The van der Waals surface area contributed by atoms with Gasteiger partial charge in [-0.2, -0.15) is 26.3 Å². The lowest BCUT2D eigenvalue weighted by Gasteiger charge is -2.15. The van der Waals surface area contributed by atoms with E-state index in [2.05, 4.69) is 15.3 Å². The normalized spacial score (nSPS) is 12.3. The third-order valence-electron chi connectivity index (χ3n) is 6.09. The minimum absolute atomic E-state index is 0.0305.